The van der Waals surface area contributed by atoms with E-state index in [-0.39, 0.29) is 11.9 Å². The summed E-state index contributed by atoms with van der Waals surface area (Å²) in [4.78, 5) is 14.7. The van der Waals surface area contributed by atoms with E-state index in [1.54, 1.807) is 12.1 Å². The Hall–Kier alpha value is -2.70. The number of aromatic nitrogens is 2. The molecule has 1 unspecified atom stereocenters. The van der Waals surface area contributed by atoms with Gasteiger partial charge in [-0.05, 0) is 56.3 Å². The summed E-state index contributed by atoms with van der Waals surface area (Å²) in [7, 11) is 0. The summed E-state index contributed by atoms with van der Waals surface area (Å²) < 4.78 is 5.80. The smallest absolute Gasteiger partial charge is 0.247 e. The van der Waals surface area contributed by atoms with Crippen molar-refractivity contribution in [3.05, 3.63) is 65.5 Å². The largest absolute Gasteiger partial charge is 0.419 e. The zero-order chi connectivity index (χ0) is 19.9. The summed E-state index contributed by atoms with van der Waals surface area (Å²) in [6.45, 7) is 5.09. The number of carbonyl (C=O) groups is 1. The molecule has 0 bridgehead atoms. The SMILES string of the molecule is CCCN(Cc1nnc(-c2ccc(Cl)cc2)o1)C(C)C(=O)Nc1ccccc1. The van der Waals surface area contributed by atoms with Gasteiger partial charge in [-0.15, -0.1) is 10.2 Å². The second-order valence-corrected chi connectivity index (χ2v) is 6.95. The first-order chi connectivity index (χ1) is 13.6. The second kappa shape index (κ2) is 9.48. The molecule has 0 radical (unpaired) electrons. The summed E-state index contributed by atoms with van der Waals surface area (Å²) >= 11 is 5.92. The quantitative estimate of drug-likeness (QED) is 0.599. The van der Waals surface area contributed by atoms with Crippen LogP contribution in [-0.2, 0) is 11.3 Å². The highest BCUT2D eigenvalue weighted by molar-refractivity contribution is 6.30. The number of rotatable bonds is 8. The lowest BCUT2D eigenvalue weighted by Crippen LogP contribution is -2.42. The molecule has 1 amide bonds. The number of benzene rings is 2. The van der Waals surface area contributed by atoms with Gasteiger partial charge >= 0.3 is 0 Å². The first-order valence-corrected chi connectivity index (χ1v) is 9.63. The van der Waals surface area contributed by atoms with Gasteiger partial charge in [-0.2, -0.15) is 0 Å². The van der Waals surface area contributed by atoms with Crippen molar-refractivity contribution in [3.8, 4) is 11.5 Å². The Bertz CT molecular complexity index is 896. The Labute approximate surface area is 169 Å². The maximum absolute atomic E-state index is 12.6. The fourth-order valence-corrected chi connectivity index (χ4v) is 2.96. The molecule has 2 aromatic carbocycles. The van der Waals surface area contributed by atoms with Crippen LogP contribution < -0.4 is 5.32 Å². The summed E-state index contributed by atoms with van der Waals surface area (Å²) in [6.07, 6.45) is 0.904. The molecule has 1 N–H and O–H groups in total. The van der Waals surface area contributed by atoms with Crippen LogP contribution in [0, 0.1) is 0 Å². The molecule has 0 saturated heterocycles. The molecule has 146 valence electrons. The molecule has 1 heterocycles. The molecule has 0 fully saturated rings. The zero-order valence-electron chi connectivity index (χ0n) is 15.9. The van der Waals surface area contributed by atoms with Crippen molar-refractivity contribution < 1.29 is 9.21 Å². The standard InChI is InChI=1S/C21H23ClN4O2/c1-3-13-26(15(2)20(27)23-18-7-5-4-6-8-18)14-19-24-25-21(28-19)16-9-11-17(22)12-10-16/h4-12,15H,3,13-14H2,1-2H3,(H,23,27). The van der Waals surface area contributed by atoms with Crippen molar-refractivity contribution in [2.75, 3.05) is 11.9 Å². The number of nitrogens with zero attached hydrogens (tertiary/aromatic N) is 3. The van der Waals surface area contributed by atoms with Crippen LogP contribution in [-0.4, -0.2) is 33.6 Å². The van der Waals surface area contributed by atoms with Gasteiger partial charge in [-0.3, -0.25) is 9.69 Å². The van der Waals surface area contributed by atoms with Crippen molar-refractivity contribution >= 4 is 23.2 Å². The van der Waals surface area contributed by atoms with Gasteiger partial charge in [0.15, 0.2) is 0 Å². The summed E-state index contributed by atoms with van der Waals surface area (Å²) in [5, 5.41) is 11.8. The average molecular weight is 399 g/mol. The molecule has 0 aliphatic rings. The predicted molar refractivity (Wildman–Crippen MR) is 110 cm³/mol. The topological polar surface area (TPSA) is 71.3 Å². The Morgan fingerprint density at radius 1 is 1.14 bits per heavy atom. The van der Waals surface area contributed by atoms with Crippen LogP contribution in [0.3, 0.4) is 0 Å². The van der Waals surface area contributed by atoms with Gasteiger partial charge in [0.25, 0.3) is 0 Å². The maximum Gasteiger partial charge on any atom is 0.247 e. The number of anilines is 1. The molecule has 0 aliphatic heterocycles. The highest BCUT2D eigenvalue weighted by atomic mass is 35.5. The first-order valence-electron chi connectivity index (χ1n) is 9.25. The van der Waals surface area contributed by atoms with Crippen molar-refractivity contribution in [1.29, 1.82) is 0 Å². The Morgan fingerprint density at radius 3 is 2.54 bits per heavy atom. The molecule has 0 aliphatic carbocycles. The van der Waals surface area contributed by atoms with Gasteiger partial charge in [-0.1, -0.05) is 36.7 Å². The third kappa shape index (κ3) is 5.18. The maximum atomic E-state index is 12.6. The van der Waals surface area contributed by atoms with E-state index in [1.807, 2.05) is 54.3 Å². The van der Waals surface area contributed by atoms with Gasteiger partial charge < -0.3 is 9.73 Å². The molecule has 1 aromatic heterocycles. The van der Waals surface area contributed by atoms with E-state index in [4.69, 9.17) is 16.0 Å². The van der Waals surface area contributed by atoms with E-state index >= 15 is 0 Å². The van der Waals surface area contributed by atoms with Crippen LogP contribution >= 0.6 is 11.6 Å². The van der Waals surface area contributed by atoms with Crippen LogP contribution in [0.4, 0.5) is 5.69 Å². The Balaban J connectivity index is 1.68. The van der Waals surface area contributed by atoms with Crippen molar-refractivity contribution in [1.82, 2.24) is 15.1 Å². The zero-order valence-corrected chi connectivity index (χ0v) is 16.7. The Kier molecular flexibility index (Phi) is 6.79. The fourth-order valence-electron chi connectivity index (χ4n) is 2.83. The lowest BCUT2D eigenvalue weighted by Gasteiger charge is -2.26. The molecule has 3 rings (SSSR count). The van der Waals surface area contributed by atoms with E-state index < -0.39 is 0 Å². The molecule has 7 heteroatoms. The number of hydrogen-bond acceptors (Lipinski definition) is 5. The van der Waals surface area contributed by atoms with Crippen LogP contribution in [0.5, 0.6) is 0 Å². The van der Waals surface area contributed by atoms with Crippen molar-refractivity contribution in [3.63, 3.8) is 0 Å². The van der Waals surface area contributed by atoms with Crippen LogP contribution in [0.15, 0.2) is 59.0 Å². The highest BCUT2D eigenvalue weighted by Crippen LogP contribution is 2.21. The van der Waals surface area contributed by atoms with Crippen LogP contribution in [0.2, 0.25) is 5.02 Å². The monoisotopic (exact) mass is 398 g/mol. The lowest BCUT2D eigenvalue weighted by atomic mass is 10.2. The number of para-hydroxylation sites is 1. The van der Waals surface area contributed by atoms with Crippen LogP contribution in [0.1, 0.15) is 26.2 Å². The minimum atomic E-state index is -0.342. The summed E-state index contributed by atoms with van der Waals surface area (Å²) in [6, 6.07) is 16.3. The number of carbonyl (C=O) groups excluding carboxylic acids is 1. The summed E-state index contributed by atoms with van der Waals surface area (Å²) in [5.74, 6) is 0.833. The molecule has 3 aromatic rings. The third-order valence-corrected chi connectivity index (χ3v) is 4.63. The number of halogens is 1. The predicted octanol–water partition coefficient (Wildman–Crippen LogP) is 4.63. The first kappa shape index (κ1) is 20.0. The average Bonchev–Trinajstić information content (AvgIpc) is 3.17. The highest BCUT2D eigenvalue weighted by Gasteiger charge is 2.23. The molecular formula is C21H23ClN4O2. The minimum Gasteiger partial charge on any atom is -0.419 e. The normalized spacial score (nSPS) is 12.1. The van der Waals surface area contributed by atoms with E-state index in [9.17, 15) is 4.79 Å². The van der Waals surface area contributed by atoms with Gasteiger partial charge in [0, 0.05) is 16.3 Å². The van der Waals surface area contributed by atoms with Crippen molar-refractivity contribution in [2.45, 2.75) is 32.9 Å². The van der Waals surface area contributed by atoms with Gasteiger partial charge in [0.2, 0.25) is 17.7 Å². The molecule has 28 heavy (non-hydrogen) atoms. The van der Waals surface area contributed by atoms with Crippen LogP contribution in [0.25, 0.3) is 11.5 Å². The minimum absolute atomic E-state index is 0.0721. The van der Waals surface area contributed by atoms with E-state index in [2.05, 4.69) is 22.4 Å². The van der Waals surface area contributed by atoms with Gasteiger partial charge in [0.1, 0.15) is 0 Å². The second-order valence-electron chi connectivity index (χ2n) is 6.51. The molecule has 0 spiro atoms. The number of amides is 1. The van der Waals surface area contributed by atoms with Gasteiger partial charge in [0.05, 0.1) is 12.6 Å². The molecular weight excluding hydrogens is 376 g/mol. The number of nitrogens with one attached hydrogen (secondary N) is 1. The summed E-state index contributed by atoms with van der Waals surface area (Å²) in [5.41, 5.74) is 1.58. The van der Waals surface area contributed by atoms with E-state index in [0.717, 1.165) is 24.2 Å². The fraction of sp³-hybridized carbons (Fsp3) is 0.286. The molecule has 0 saturated carbocycles. The molecule has 6 nitrogen and oxygen atoms in total. The Morgan fingerprint density at radius 2 is 1.86 bits per heavy atom. The number of hydrogen-bond donors (Lipinski definition) is 1. The third-order valence-electron chi connectivity index (χ3n) is 4.38. The van der Waals surface area contributed by atoms with Gasteiger partial charge in [-0.25, -0.2) is 0 Å². The van der Waals surface area contributed by atoms with E-state index in [0.29, 0.717) is 23.3 Å². The lowest BCUT2D eigenvalue weighted by molar-refractivity contribution is -0.121. The van der Waals surface area contributed by atoms with E-state index in [1.165, 1.54) is 0 Å². The van der Waals surface area contributed by atoms with Crippen molar-refractivity contribution in [2.24, 2.45) is 0 Å². The molecule has 1 atom stereocenters.